The number of carbonyl (C=O) groups is 16. The summed E-state index contributed by atoms with van der Waals surface area (Å²) in [6, 6.07) is 0. The van der Waals surface area contributed by atoms with Crippen LogP contribution in [0.3, 0.4) is 0 Å². The van der Waals surface area contributed by atoms with Gasteiger partial charge in [-0.25, -0.2) is 0 Å². The Bertz CT molecular complexity index is 1180. The van der Waals surface area contributed by atoms with Crippen LogP contribution in [0.15, 0.2) is 0 Å². The molecular formula is C28H28O20Sn. The number of Topliss-reactive ketones (excluding diaryl/α,β-unsaturated/α-hetero) is 12. The molecule has 49 heavy (non-hydrogen) atoms. The summed E-state index contributed by atoms with van der Waals surface area (Å²) in [6.45, 7) is 7.83. The number of carboxylic acid groups (broad SMARTS) is 4. The predicted octanol–water partition coefficient (Wildman–Crippen LogP) is -7.98. The van der Waals surface area contributed by atoms with Gasteiger partial charge in [-0.15, -0.1) is 0 Å². The van der Waals surface area contributed by atoms with Crippen molar-refractivity contribution in [3.05, 3.63) is 0 Å². The second-order valence-corrected chi connectivity index (χ2v) is 9.22. The van der Waals surface area contributed by atoms with Gasteiger partial charge in [-0.3, -0.25) is 57.5 Å². The molecule has 0 N–H and O–H groups in total. The molecule has 264 valence electrons. The minimum atomic E-state index is -2.01. The third kappa shape index (κ3) is 20.5. The number of carboxylic acids is 4. The first-order chi connectivity index (χ1) is 21.5. The Morgan fingerprint density at radius 3 is 0.367 bits per heavy atom. The molecule has 0 aromatic carbocycles. The number of aliphatic carboxylic acids is 4. The van der Waals surface area contributed by atoms with E-state index in [4.69, 9.17) is 0 Å². The molecule has 0 aromatic heterocycles. The molecule has 0 radical (unpaired) electrons. The second-order valence-electron chi connectivity index (χ2n) is 9.22. The number of rotatable bonds is 16. The molecule has 0 atom stereocenters. The van der Waals surface area contributed by atoms with Gasteiger partial charge >= 0.3 is 23.9 Å². The maximum atomic E-state index is 10.6. The number of hydrogen-bond acceptors (Lipinski definition) is 20. The van der Waals surface area contributed by atoms with Crippen LogP contribution in [0, 0.1) is 23.7 Å². The van der Waals surface area contributed by atoms with Crippen molar-refractivity contribution in [2.45, 2.75) is 55.4 Å². The quantitative estimate of drug-likeness (QED) is 0.0794. The molecule has 0 rings (SSSR count). The summed E-state index contributed by atoms with van der Waals surface area (Å²) in [7, 11) is 0. The van der Waals surface area contributed by atoms with Crippen molar-refractivity contribution in [1.29, 1.82) is 0 Å². The van der Waals surface area contributed by atoms with Gasteiger partial charge in [0.15, 0.2) is 23.1 Å². The first-order valence-corrected chi connectivity index (χ1v) is 12.5. The van der Waals surface area contributed by atoms with E-state index in [1.807, 2.05) is 0 Å². The van der Waals surface area contributed by atoms with Gasteiger partial charge in [0, 0.05) is 0 Å². The van der Waals surface area contributed by atoms with Gasteiger partial charge in [-0.1, -0.05) is 0 Å². The minimum Gasteiger partial charge on any atom is -0.542 e. The average molecular weight is 803 g/mol. The van der Waals surface area contributed by atoms with Crippen molar-refractivity contribution in [3.63, 3.8) is 0 Å². The van der Waals surface area contributed by atoms with Gasteiger partial charge in [0.05, 0.1) is 0 Å². The zero-order chi connectivity index (χ0) is 39.5. The first-order valence-electron chi connectivity index (χ1n) is 12.5. The summed E-state index contributed by atoms with van der Waals surface area (Å²) in [5.74, 6) is -27.0. The van der Waals surface area contributed by atoms with Gasteiger partial charge < -0.3 is 39.6 Å². The molecule has 0 saturated heterocycles. The Hall–Kier alpha value is -5.28. The van der Waals surface area contributed by atoms with Crippen LogP contribution in [-0.2, 0) is 76.7 Å². The van der Waals surface area contributed by atoms with Crippen LogP contribution < -0.4 is 20.4 Å². The fourth-order valence-electron chi connectivity index (χ4n) is 3.09. The van der Waals surface area contributed by atoms with Crippen molar-refractivity contribution in [2.24, 2.45) is 23.7 Å². The predicted molar refractivity (Wildman–Crippen MR) is 145 cm³/mol. The normalized spacial score (nSPS) is 9.39. The van der Waals surface area contributed by atoms with Crippen molar-refractivity contribution in [2.75, 3.05) is 0 Å². The van der Waals surface area contributed by atoms with Crippen LogP contribution in [0.5, 0.6) is 0 Å². The monoisotopic (exact) mass is 804 g/mol. The molecule has 0 bridgehead atoms. The van der Waals surface area contributed by atoms with Crippen LogP contribution in [0.4, 0.5) is 0 Å². The molecule has 0 amide bonds. The summed E-state index contributed by atoms with van der Waals surface area (Å²) in [5.41, 5.74) is 0. The Morgan fingerprint density at radius 2 is 0.347 bits per heavy atom. The molecule has 0 aliphatic heterocycles. The zero-order valence-electron chi connectivity index (χ0n) is 27.0. The molecule has 0 fully saturated rings. The summed E-state index contributed by atoms with van der Waals surface area (Å²) in [5, 5.41) is 39.9. The van der Waals surface area contributed by atoms with E-state index in [0.717, 1.165) is 55.4 Å². The molecule has 21 heteroatoms. The maximum Gasteiger partial charge on any atom is 4.00 e. The smallest absolute Gasteiger partial charge is 0.542 e. The largest absolute Gasteiger partial charge is 4.00 e. The van der Waals surface area contributed by atoms with Crippen molar-refractivity contribution >= 4 is 117 Å². The van der Waals surface area contributed by atoms with E-state index >= 15 is 0 Å². The number of hydrogen-bond donors (Lipinski definition) is 0. The van der Waals surface area contributed by atoms with E-state index in [9.17, 15) is 97.1 Å². The molecule has 0 aliphatic carbocycles. The van der Waals surface area contributed by atoms with Crippen LogP contribution >= 0.6 is 0 Å². The van der Waals surface area contributed by atoms with E-state index in [1.54, 1.807) is 0 Å². The van der Waals surface area contributed by atoms with E-state index in [2.05, 4.69) is 0 Å². The number of ketones is 12. The zero-order valence-corrected chi connectivity index (χ0v) is 29.8. The average Bonchev–Trinajstić information content (AvgIpc) is 2.87. The Balaban J connectivity index is -0.000000174. The van der Waals surface area contributed by atoms with Gasteiger partial charge in [0.25, 0.3) is 0 Å². The van der Waals surface area contributed by atoms with Gasteiger partial charge in [-0.2, -0.15) is 0 Å². The van der Waals surface area contributed by atoms with Crippen molar-refractivity contribution in [1.82, 2.24) is 0 Å². The molecule has 0 aromatic rings. The number of carbonyl (C=O) groups excluding carboxylic acids is 16. The summed E-state index contributed by atoms with van der Waals surface area (Å²) < 4.78 is 0. The third-order valence-corrected chi connectivity index (χ3v) is 5.11. The van der Waals surface area contributed by atoms with Crippen LogP contribution in [0.25, 0.3) is 0 Å². The van der Waals surface area contributed by atoms with E-state index < -0.39 is 117 Å². The fourth-order valence-corrected chi connectivity index (χ4v) is 3.09. The molecule has 0 unspecified atom stereocenters. The van der Waals surface area contributed by atoms with E-state index in [0.29, 0.717) is 0 Å². The topological polar surface area (TPSA) is 365 Å². The van der Waals surface area contributed by atoms with E-state index in [1.165, 1.54) is 0 Å². The molecule has 0 heterocycles. The van der Waals surface area contributed by atoms with Crippen molar-refractivity contribution in [3.8, 4) is 0 Å². The van der Waals surface area contributed by atoms with E-state index in [-0.39, 0.29) is 23.9 Å². The fraction of sp³-hybridized carbons (Fsp3) is 0.429. The Kier molecular flexibility index (Phi) is 27.0. The molecule has 0 aliphatic rings. The van der Waals surface area contributed by atoms with Gasteiger partial charge in [0.1, 0.15) is 93.8 Å². The van der Waals surface area contributed by atoms with Crippen LogP contribution in [-0.4, -0.2) is 117 Å². The first kappa shape index (κ1) is 53.2. The minimum absolute atomic E-state index is 0. The summed E-state index contributed by atoms with van der Waals surface area (Å²) >= 11 is 0. The van der Waals surface area contributed by atoms with Gasteiger partial charge in [-0.05, 0) is 55.4 Å². The standard InChI is InChI=1S/4C7H8O5.Sn/c4*1-3(8)5(4(2)9)6(10)7(11)12;/h4*5H,1-2H3,(H,11,12);/q;;;;+4/p-4. The maximum absolute atomic E-state index is 10.6. The second kappa shape index (κ2) is 24.8. The Morgan fingerprint density at radius 1 is 0.265 bits per heavy atom. The molecule has 0 spiro atoms. The summed E-state index contributed by atoms with van der Waals surface area (Å²) in [4.78, 5) is 167. The third-order valence-electron chi connectivity index (χ3n) is 5.11. The molecule has 20 nitrogen and oxygen atoms in total. The Labute approximate surface area is 292 Å². The molecular weight excluding hydrogens is 775 g/mol. The summed E-state index contributed by atoms with van der Waals surface area (Å²) in [6.07, 6.45) is 0. The SMILES string of the molecule is CC(=O)C(C(C)=O)C(=O)C(=O)[O-].CC(=O)C(C(C)=O)C(=O)C(=O)[O-].CC(=O)C(C(C)=O)C(=O)C(=O)[O-].CC(=O)C(C(C)=O)C(=O)C(=O)[O-].[Sn+4]. The van der Waals surface area contributed by atoms with Gasteiger partial charge in [0.2, 0.25) is 0 Å². The van der Waals surface area contributed by atoms with Crippen LogP contribution in [0.2, 0.25) is 0 Å². The van der Waals surface area contributed by atoms with Crippen LogP contribution in [0.1, 0.15) is 55.4 Å². The van der Waals surface area contributed by atoms with Crippen molar-refractivity contribution < 1.29 is 97.1 Å². The molecule has 0 saturated carbocycles.